The lowest BCUT2D eigenvalue weighted by molar-refractivity contribution is 0.0940. The smallest absolute Gasteiger partial charge is 0.266 e. The van der Waals surface area contributed by atoms with Crippen molar-refractivity contribution in [2.75, 3.05) is 18.0 Å². The van der Waals surface area contributed by atoms with Gasteiger partial charge in [0.1, 0.15) is 0 Å². The number of aryl methyl sites for hydroxylation is 1. The van der Waals surface area contributed by atoms with Crippen molar-refractivity contribution >= 4 is 34.9 Å². The molecule has 0 aliphatic carbocycles. The van der Waals surface area contributed by atoms with Crippen molar-refractivity contribution in [1.29, 1.82) is 0 Å². The summed E-state index contributed by atoms with van der Waals surface area (Å²) in [7, 11) is 1.90. The Kier molecular flexibility index (Phi) is 3.61. The normalized spacial score (nSPS) is 17.5. The van der Waals surface area contributed by atoms with E-state index in [1.807, 2.05) is 19.4 Å². The van der Waals surface area contributed by atoms with E-state index in [-0.39, 0.29) is 11.9 Å². The number of amides is 1. The zero-order chi connectivity index (χ0) is 16.7. The average Bonchev–Trinajstić information content (AvgIpc) is 3.25. The Morgan fingerprint density at radius 2 is 2.38 bits per heavy atom. The molecule has 2 N–H and O–H groups in total. The van der Waals surface area contributed by atoms with Crippen molar-refractivity contribution in [3.05, 3.63) is 41.0 Å². The van der Waals surface area contributed by atoms with Crippen LogP contribution in [0.3, 0.4) is 0 Å². The minimum atomic E-state index is -0.0998. The molecule has 1 fully saturated rings. The monoisotopic (exact) mass is 343 g/mol. The summed E-state index contributed by atoms with van der Waals surface area (Å²) in [5.41, 5.74) is 3.04. The molecule has 8 heteroatoms. The molecule has 3 aromatic rings. The third-order valence-corrected chi connectivity index (χ3v) is 4.45. The second-order valence-electron chi connectivity index (χ2n) is 6.00. The largest absolute Gasteiger partial charge is 0.429 e. The number of hydrogen-bond acceptors (Lipinski definition) is 5. The number of aromatic nitrogens is 3. The number of fused-ring (bicyclic) bond motifs is 1. The summed E-state index contributed by atoms with van der Waals surface area (Å²) >= 11 is 4.96. The van der Waals surface area contributed by atoms with Crippen molar-refractivity contribution in [3.63, 3.8) is 0 Å². The van der Waals surface area contributed by atoms with Gasteiger partial charge in [0.05, 0.1) is 17.4 Å². The minimum absolute atomic E-state index is 0.0998. The number of anilines is 1. The predicted octanol–water partition coefficient (Wildman–Crippen LogP) is 2.23. The second-order valence-corrected chi connectivity index (χ2v) is 6.37. The van der Waals surface area contributed by atoms with Crippen LogP contribution in [-0.2, 0) is 7.05 Å². The lowest BCUT2D eigenvalue weighted by Gasteiger charge is -2.16. The van der Waals surface area contributed by atoms with Crippen LogP contribution >= 0.6 is 12.2 Å². The summed E-state index contributed by atoms with van der Waals surface area (Å²) in [6.07, 6.45) is 4.74. The van der Waals surface area contributed by atoms with Crippen LogP contribution in [0.4, 0.5) is 5.69 Å². The third-order valence-electron chi connectivity index (χ3n) is 4.26. The number of nitrogens with zero attached hydrogens (tertiary/aromatic N) is 3. The lowest BCUT2D eigenvalue weighted by Crippen LogP contribution is -2.37. The van der Waals surface area contributed by atoms with Gasteiger partial charge in [0.25, 0.3) is 10.7 Å². The quantitative estimate of drug-likeness (QED) is 0.713. The van der Waals surface area contributed by atoms with E-state index in [0.717, 1.165) is 30.7 Å². The van der Waals surface area contributed by atoms with Gasteiger partial charge in [0, 0.05) is 37.9 Å². The highest BCUT2D eigenvalue weighted by Crippen LogP contribution is 2.20. The molecule has 0 bridgehead atoms. The molecule has 7 nitrogen and oxygen atoms in total. The van der Waals surface area contributed by atoms with E-state index in [0.29, 0.717) is 16.0 Å². The first kappa shape index (κ1) is 14.9. The van der Waals surface area contributed by atoms with Gasteiger partial charge in [-0.05, 0) is 36.8 Å². The maximum absolute atomic E-state index is 12.5. The number of carbonyl (C=O) groups is 1. The molecule has 1 atom stereocenters. The Morgan fingerprint density at radius 3 is 3.17 bits per heavy atom. The number of H-pyrrole nitrogens is 1. The topological polar surface area (TPSA) is 79.1 Å². The van der Waals surface area contributed by atoms with Crippen LogP contribution in [-0.4, -0.2) is 39.8 Å². The fourth-order valence-electron chi connectivity index (χ4n) is 3.04. The molecular weight excluding hydrogens is 326 g/mol. The fourth-order valence-corrected chi connectivity index (χ4v) is 3.24. The predicted molar refractivity (Wildman–Crippen MR) is 92.7 cm³/mol. The number of nitrogens with one attached hydrogen (secondary N) is 2. The van der Waals surface area contributed by atoms with Crippen LogP contribution < -0.4 is 10.2 Å². The number of oxazole rings is 1. The SMILES string of the molecule is Cn1cc(N2CCC(NC(=O)c3ccc4[nH]c(=S)oc4c3)C2)cn1. The van der Waals surface area contributed by atoms with E-state index < -0.39 is 0 Å². The Morgan fingerprint density at radius 1 is 1.50 bits per heavy atom. The summed E-state index contributed by atoms with van der Waals surface area (Å²) in [5.74, 6) is -0.0998. The number of hydrogen-bond donors (Lipinski definition) is 2. The summed E-state index contributed by atoms with van der Waals surface area (Å²) in [4.78, 5) is 17.9. The summed E-state index contributed by atoms with van der Waals surface area (Å²) < 4.78 is 7.15. The molecule has 0 radical (unpaired) electrons. The van der Waals surface area contributed by atoms with Crippen molar-refractivity contribution in [2.24, 2.45) is 7.05 Å². The molecule has 1 unspecified atom stereocenters. The maximum Gasteiger partial charge on any atom is 0.266 e. The van der Waals surface area contributed by atoms with Gasteiger partial charge in [-0.25, -0.2) is 0 Å². The van der Waals surface area contributed by atoms with Crippen LogP contribution in [0.25, 0.3) is 11.1 Å². The summed E-state index contributed by atoms with van der Waals surface area (Å²) in [6.45, 7) is 1.69. The molecule has 1 amide bonds. The van der Waals surface area contributed by atoms with Gasteiger partial charge in [-0.3, -0.25) is 9.48 Å². The van der Waals surface area contributed by atoms with Gasteiger partial charge < -0.3 is 19.6 Å². The maximum atomic E-state index is 12.5. The zero-order valence-electron chi connectivity index (χ0n) is 13.2. The summed E-state index contributed by atoms with van der Waals surface area (Å²) in [6, 6.07) is 5.41. The molecule has 3 heterocycles. The van der Waals surface area contributed by atoms with Gasteiger partial charge >= 0.3 is 0 Å². The molecule has 4 rings (SSSR count). The van der Waals surface area contributed by atoms with Crippen LogP contribution in [0, 0.1) is 4.84 Å². The van der Waals surface area contributed by atoms with E-state index >= 15 is 0 Å². The molecule has 124 valence electrons. The van der Waals surface area contributed by atoms with Crippen molar-refractivity contribution in [2.45, 2.75) is 12.5 Å². The second kappa shape index (κ2) is 5.79. The first-order valence-corrected chi connectivity index (χ1v) is 8.16. The standard InChI is InChI=1S/C16H17N5O2S/c1-20-9-12(7-17-20)21-5-4-11(8-21)18-15(22)10-2-3-13-14(6-10)23-16(24)19-13/h2-3,6-7,9,11H,4-5,8H2,1H3,(H,18,22)(H,19,24). The van der Waals surface area contributed by atoms with Crippen molar-refractivity contribution in [1.82, 2.24) is 20.1 Å². The van der Waals surface area contributed by atoms with Gasteiger partial charge in [-0.1, -0.05) is 0 Å². The molecule has 2 aromatic heterocycles. The number of carbonyl (C=O) groups excluding carboxylic acids is 1. The summed E-state index contributed by atoms with van der Waals surface area (Å²) in [5, 5.41) is 7.28. The van der Waals surface area contributed by atoms with E-state index in [4.69, 9.17) is 16.6 Å². The number of rotatable bonds is 3. The molecule has 24 heavy (non-hydrogen) atoms. The van der Waals surface area contributed by atoms with Crippen molar-refractivity contribution < 1.29 is 9.21 Å². The van der Waals surface area contributed by atoms with Gasteiger partial charge in [-0.2, -0.15) is 5.10 Å². The zero-order valence-corrected chi connectivity index (χ0v) is 14.0. The Hall–Kier alpha value is -2.61. The molecule has 0 saturated carbocycles. The molecule has 1 aromatic carbocycles. The van der Waals surface area contributed by atoms with Crippen LogP contribution in [0.15, 0.2) is 35.0 Å². The first-order valence-electron chi connectivity index (χ1n) is 7.76. The number of benzene rings is 1. The lowest BCUT2D eigenvalue weighted by atomic mass is 10.1. The third kappa shape index (κ3) is 2.80. The van der Waals surface area contributed by atoms with E-state index in [2.05, 4.69) is 20.3 Å². The highest BCUT2D eigenvalue weighted by atomic mass is 32.1. The number of aromatic amines is 1. The van der Waals surface area contributed by atoms with Gasteiger partial charge in [0.15, 0.2) is 5.58 Å². The Balaban J connectivity index is 1.44. The van der Waals surface area contributed by atoms with Crippen LogP contribution in [0.2, 0.25) is 0 Å². The van der Waals surface area contributed by atoms with Crippen LogP contribution in [0.1, 0.15) is 16.8 Å². The van der Waals surface area contributed by atoms with E-state index in [1.165, 1.54) is 0 Å². The molecule has 1 aliphatic heterocycles. The first-order chi connectivity index (χ1) is 11.6. The van der Waals surface area contributed by atoms with Gasteiger partial charge in [-0.15, -0.1) is 0 Å². The van der Waals surface area contributed by atoms with Crippen molar-refractivity contribution in [3.8, 4) is 0 Å². The Labute approximate surface area is 143 Å². The fraction of sp³-hybridized carbons (Fsp3) is 0.312. The van der Waals surface area contributed by atoms with Crippen LogP contribution in [0.5, 0.6) is 0 Å². The molecule has 0 spiro atoms. The van der Waals surface area contributed by atoms with E-state index in [1.54, 1.807) is 22.9 Å². The average molecular weight is 343 g/mol. The highest BCUT2D eigenvalue weighted by molar-refractivity contribution is 7.71. The Bertz CT molecular complexity index is 957. The molecule has 1 aliphatic rings. The molecular formula is C16H17N5O2S. The van der Waals surface area contributed by atoms with E-state index in [9.17, 15) is 4.79 Å². The minimum Gasteiger partial charge on any atom is -0.429 e. The van der Waals surface area contributed by atoms with Gasteiger partial charge in [0.2, 0.25) is 0 Å². The molecule has 1 saturated heterocycles. The highest BCUT2D eigenvalue weighted by Gasteiger charge is 2.25.